The summed E-state index contributed by atoms with van der Waals surface area (Å²) in [6, 6.07) is 8.33. The van der Waals surface area contributed by atoms with Crippen LogP contribution in [0.3, 0.4) is 0 Å². The number of rotatable bonds is 25. The summed E-state index contributed by atoms with van der Waals surface area (Å²) in [5.41, 5.74) is 0. The largest absolute Gasteiger partial charge is 0.296 e. The Balaban J connectivity index is 0.000000768. The first-order chi connectivity index (χ1) is 18.9. The first-order valence-corrected chi connectivity index (χ1v) is 20.6. The lowest BCUT2D eigenvalue weighted by Crippen LogP contribution is -2.12. The Bertz CT molecular complexity index is 699. The molecular formula is C34H66O3PS+. The summed E-state index contributed by atoms with van der Waals surface area (Å²) in [5.74, 6) is 0. The molecule has 0 aliphatic rings. The van der Waals surface area contributed by atoms with Crippen LogP contribution >= 0.6 is 7.26 Å². The van der Waals surface area contributed by atoms with Gasteiger partial charge in [-0.3, -0.25) is 4.18 Å². The number of hydrogen-bond acceptors (Lipinski definition) is 3. The van der Waals surface area contributed by atoms with Crippen molar-refractivity contribution >= 4 is 17.4 Å². The summed E-state index contributed by atoms with van der Waals surface area (Å²) >= 11 is 0. The molecule has 0 aliphatic carbocycles. The minimum Gasteiger partial charge on any atom is -0.266 e. The van der Waals surface area contributed by atoms with Crippen LogP contribution in [0.15, 0.2) is 35.2 Å². The highest BCUT2D eigenvalue weighted by Crippen LogP contribution is 2.61. The van der Waals surface area contributed by atoms with Gasteiger partial charge < -0.3 is 0 Å². The average Bonchev–Trinajstić information content (AvgIpc) is 2.96. The predicted octanol–water partition coefficient (Wildman–Crippen LogP) is 11.5. The van der Waals surface area contributed by atoms with Gasteiger partial charge in [-0.1, -0.05) is 136 Å². The summed E-state index contributed by atoms with van der Waals surface area (Å²) in [6.45, 7) is 11.9. The minimum atomic E-state index is -3.57. The first-order valence-electron chi connectivity index (χ1n) is 16.7. The van der Waals surface area contributed by atoms with Crippen LogP contribution in [-0.4, -0.2) is 39.7 Å². The van der Waals surface area contributed by atoms with Crippen molar-refractivity contribution in [1.82, 2.24) is 0 Å². The van der Waals surface area contributed by atoms with Gasteiger partial charge in [-0.2, -0.15) is 8.42 Å². The van der Waals surface area contributed by atoms with Gasteiger partial charge in [0.2, 0.25) is 0 Å². The zero-order valence-electron chi connectivity index (χ0n) is 26.7. The van der Waals surface area contributed by atoms with Gasteiger partial charge in [0.25, 0.3) is 10.1 Å². The Morgan fingerprint density at radius 1 is 0.513 bits per heavy atom. The van der Waals surface area contributed by atoms with E-state index in [-0.39, 0.29) is 11.5 Å². The molecule has 5 heteroatoms. The lowest BCUT2D eigenvalue weighted by Gasteiger charge is -2.28. The molecule has 0 spiro atoms. The smallest absolute Gasteiger partial charge is 0.266 e. The standard InChI is InChI=1S/C18H30O3S.C16H36P/c1-2-3-4-5-6-7-8-9-10-14-17-21-22(19,20)18-15-12-11-13-16-18;1-5-9-13-17(14-10-6-2,15-11-7-3)16-12-8-4/h11-13,15-16H,2-10,14,17H2,1H3;5-16H2,1-4H3/q;+1. The maximum atomic E-state index is 11.9. The topological polar surface area (TPSA) is 43.4 Å². The first kappa shape index (κ1) is 38.6. The second kappa shape index (κ2) is 26.5. The van der Waals surface area contributed by atoms with Gasteiger partial charge in [0, 0.05) is 7.26 Å². The van der Waals surface area contributed by atoms with Crippen LogP contribution in [0.5, 0.6) is 0 Å². The third kappa shape index (κ3) is 21.0. The van der Waals surface area contributed by atoms with E-state index >= 15 is 0 Å². The summed E-state index contributed by atoms with van der Waals surface area (Å²) in [6.07, 6.45) is 30.2. The lowest BCUT2D eigenvalue weighted by molar-refractivity contribution is 0.306. The van der Waals surface area contributed by atoms with Crippen molar-refractivity contribution in [3.8, 4) is 0 Å². The van der Waals surface area contributed by atoms with Crippen LogP contribution in [0.4, 0.5) is 0 Å². The molecule has 0 aromatic heterocycles. The highest BCUT2D eigenvalue weighted by Gasteiger charge is 2.34. The van der Waals surface area contributed by atoms with Crippen molar-refractivity contribution in [3.05, 3.63) is 30.3 Å². The second-order valence-corrected chi connectivity index (χ2v) is 17.5. The van der Waals surface area contributed by atoms with Gasteiger partial charge in [-0.25, -0.2) is 0 Å². The van der Waals surface area contributed by atoms with Gasteiger partial charge in [0.05, 0.1) is 36.2 Å². The Labute approximate surface area is 246 Å². The fourth-order valence-corrected chi connectivity index (χ4v) is 11.3. The maximum Gasteiger partial charge on any atom is 0.296 e. The molecule has 1 aromatic carbocycles. The van der Waals surface area contributed by atoms with Crippen LogP contribution in [0, 0.1) is 0 Å². The van der Waals surface area contributed by atoms with Gasteiger partial charge in [-0.05, 0) is 44.2 Å². The Hall–Kier alpha value is -0.440. The molecule has 1 rings (SSSR count). The number of benzene rings is 1. The third-order valence-corrected chi connectivity index (χ3v) is 14.1. The highest BCUT2D eigenvalue weighted by atomic mass is 32.2. The van der Waals surface area contributed by atoms with E-state index in [2.05, 4.69) is 34.6 Å². The van der Waals surface area contributed by atoms with Gasteiger partial charge in [-0.15, -0.1) is 0 Å². The molecule has 0 atom stereocenters. The molecule has 0 aliphatic heterocycles. The molecule has 1 aromatic rings. The Kier molecular flexibility index (Phi) is 26.2. The molecule has 0 heterocycles. The number of hydrogen-bond donors (Lipinski definition) is 0. The minimum absolute atomic E-state index is 0.238. The quantitative estimate of drug-likeness (QED) is 0.0651. The van der Waals surface area contributed by atoms with Crippen LogP contribution < -0.4 is 0 Å². The zero-order chi connectivity index (χ0) is 29.1. The van der Waals surface area contributed by atoms with E-state index in [0.29, 0.717) is 0 Å². The monoisotopic (exact) mass is 585 g/mol. The zero-order valence-corrected chi connectivity index (χ0v) is 28.4. The van der Waals surface area contributed by atoms with Crippen molar-refractivity contribution in [2.75, 3.05) is 31.3 Å². The summed E-state index contributed by atoms with van der Waals surface area (Å²) < 4.78 is 28.8. The van der Waals surface area contributed by atoms with Crippen LogP contribution in [0.2, 0.25) is 0 Å². The van der Waals surface area contributed by atoms with Crippen molar-refractivity contribution < 1.29 is 12.6 Å². The maximum absolute atomic E-state index is 11.9. The van der Waals surface area contributed by atoms with E-state index in [9.17, 15) is 8.42 Å². The molecule has 0 radical (unpaired) electrons. The van der Waals surface area contributed by atoms with E-state index in [1.807, 2.05) is 0 Å². The second-order valence-electron chi connectivity index (χ2n) is 11.4. The van der Waals surface area contributed by atoms with E-state index < -0.39 is 17.4 Å². The molecule has 0 fully saturated rings. The van der Waals surface area contributed by atoms with Crippen LogP contribution in [0.1, 0.15) is 150 Å². The summed E-state index contributed by atoms with van der Waals surface area (Å²) in [5, 5.41) is 0. The van der Waals surface area contributed by atoms with Crippen molar-refractivity contribution in [1.29, 1.82) is 0 Å². The van der Waals surface area contributed by atoms with Crippen molar-refractivity contribution in [2.24, 2.45) is 0 Å². The predicted molar refractivity (Wildman–Crippen MR) is 177 cm³/mol. The molecule has 3 nitrogen and oxygen atoms in total. The fraction of sp³-hybridized carbons (Fsp3) is 0.824. The fourth-order valence-electron chi connectivity index (χ4n) is 5.06. The molecular weight excluding hydrogens is 519 g/mol. The average molecular weight is 586 g/mol. The van der Waals surface area contributed by atoms with E-state index in [1.165, 1.54) is 103 Å². The van der Waals surface area contributed by atoms with Crippen molar-refractivity contribution in [2.45, 2.75) is 155 Å². The molecule has 0 saturated carbocycles. The number of unbranched alkanes of at least 4 members (excludes halogenated alkanes) is 13. The third-order valence-electron chi connectivity index (χ3n) is 7.71. The molecule has 0 bridgehead atoms. The molecule has 0 unspecified atom stereocenters. The van der Waals surface area contributed by atoms with Crippen LogP contribution in [-0.2, 0) is 14.3 Å². The lowest BCUT2D eigenvalue weighted by atomic mass is 10.1. The van der Waals surface area contributed by atoms with E-state index in [4.69, 9.17) is 4.18 Å². The van der Waals surface area contributed by atoms with E-state index in [1.54, 1.807) is 55.0 Å². The van der Waals surface area contributed by atoms with Crippen LogP contribution in [0.25, 0.3) is 0 Å². The van der Waals surface area contributed by atoms with Gasteiger partial charge in [0.1, 0.15) is 0 Å². The SMILES string of the molecule is CCCCCCCCCCCCOS(=O)(=O)c1ccccc1.CCCC[P+](CCCC)(CCCC)CCCC. The van der Waals surface area contributed by atoms with Gasteiger partial charge >= 0.3 is 0 Å². The normalized spacial score (nSPS) is 11.8. The highest BCUT2D eigenvalue weighted by molar-refractivity contribution is 7.86. The Morgan fingerprint density at radius 3 is 1.26 bits per heavy atom. The summed E-state index contributed by atoms with van der Waals surface area (Å²) in [4.78, 5) is 0.238. The molecule has 0 saturated heterocycles. The summed E-state index contributed by atoms with van der Waals surface area (Å²) in [7, 11) is -4.13. The van der Waals surface area contributed by atoms with Crippen molar-refractivity contribution in [3.63, 3.8) is 0 Å². The molecule has 39 heavy (non-hydrogen) atoms. The van der Waals surface area contributed by atoms with Gasteiger partial charge in [0.15, 0.2) is 0 Å². The molecule has 0 amide bonds. The molecule has 230 valence electrons. The molecule has 0 N–H and O–H groups in total. The van der Waals surface area contributed by atoms with E-state index in [0.717, 1.165) is 12.8 Å². The Morgan fingerprint density at radius 2 is 0.872 bits per heavy atom.